The monoisotopic (exact) mass is 360 g/mol. The zero-order chi connectivity index (χ0) is 19.4. The number of esters is 4. The van der Waals surface area contributed by atoms with E-state index >= 15 is 0 Å². The number of hydrogen-bond acceptors (Lipinski definition) is 9. The minimum atomic E-state index is -1.69. The second-order valence-corrected chi connectivity index (χ2v) is 6.03. The van der Waals surface area contributed by atoms with Crippen molar-refractivity contribution in [1.82, 2.24) is 0 Å². The van der Waals surface area contributed by atoms with E-state index in [1.54, 1.807) is 13.8 Å². The van der Waals surface area contributed by atoms with Crippen molar-refractivity contribution in [3.63, 3.8) is 0 Å². The Morgan fingerprint density at radius 1 is 0.880 bits per heavy atom. The molecule has 1 aliphatic heterocycles. The number of carbonyl (C=O) groups is 4. The second kappa shape index (κ2) is 8.28. The van der Waals surface area contributed by atoms with Crippen LogP contribution in [0.5, 0.6) is 0 Å². The molecule has 1 fully saturated rings. The van der Waals surface area contributed by atoms with Gasteiger partial charge in [0.2, 0.25) is 6.10 Å². The second-order valence-electron chi connectivity index (χ2n) is 6.03. The van der Waals surface area contributed by atoms with Gasteiger partial charge in [0.1, 0.15) is 0 Å². The van der Waals surface area contributed by atoms with E-state index in [0.717, 1.165) is 13.8 Å². The summed E-state index contributed by atoms with van der Waals surface area (Å²) in [6.07, 6.45) is -3.52. The van der Waals surface area contributed by atoms with E-state index in [9.17, 15) is 19.2 Å². The third-order valence-electron chi connectivity index (χ3n) is 3.55. The summed E-state index contributed by atoms with van der Waals surface area (Å²) in [4.78, 5) is 46.1. The van der Waals surface area contributed by atoms with Gasteiger partial charge in [-0.05, 0) is 0 Å². The summed E-state index contributed by atoms with van der Waals surface area (Å²) < 4.78 is 26.7. The predicted octanol–water partition coefficient (Wildman–Crippen LogP) is 0.727. The molecule has 0 bridgehead atoms. The van der Waals surface area contributed by atoms with Crippen LogP contribution in [0.15, 0.2) is 0 Å². The van der Waals surface area contributed by atoms with Crippen molar-refractivity contribution in [2.45, 2.75) is 65.6 Å². The molecule has 0 aliphatic carbocycles. The van der Waals surface area contributed by atoms with E-state index in [0.29, 0.717) is 0 Å². The molecule has 0 aromatic heterocycles. The quantitative estimate of drug-likeness (QED) is 0.517. The van der Waals surface area contributed by atoms with Crippen molar-refractivity contribution in [3.05, 3.63) is 0 Å². The van der Waals surface area contributed by atoms with Crippen LogP contribution in [0.4, 0.5) is 0 Å². The first-order chi connectivity index (χ1) is 11.5. The normalized spacial score (nSPS) is 28.8. The minimum absolute atomic E-state index is 0.208. The lowest BCUT2D eigenvalue weighted by Gasteiger charge is -2.48. The molecule has 4 unspecified atom stereocenters. The highest BCUT2D eigenvalue weighted by Crippen LogP contribution is 2.38. The van der Waals surface area contributed by atoms with Crippen LogP contribution in [0, 0.1) is 5.92 Å². The lowest BCUT2D eigenvalue weighted by Crippen LogP contribution is -2.67. The Labute approximate surface area is 145 Å². The Balaban J connectivity index is 3.38. The maximum absolute atomic E-state index is 11.6. The smallest absolute Gasteiger partial charge is 0.305 e. The molecule has 0 aromatic rings. The topological polar surface area (TPSA) is 114 Å². The van der Waals surface area contributed by atoms with Crippen LogP contribution in [0.1, 0.15) is 41.5 Å². The van der Waals surface area contributed by atoms with Crippen LogP contribution in [-0.4, -0.2) is 54.6 Å². The van der Waals surface area contributed by atoms with Crippen LogP contribution < -0.4 is 0 Å². The number of hydrogen-bond donors (Lipinski definition) is 0. The Morgan fingerprint density at radius 3 is 1.80 bits per heavy atom. The fourth-order valence-electron chi connectivity index (χ4n) is 2.71. The molecule has 142 valence electrons. The molecular weight excluding hydrogens is 336 g/mol. The van der Waals surface area contributed by atoms with Crippen molar-refractivity contribution in [1.29, 1.82) is 0 Å². The maximum atomic E-state index is 11.6. The van der Waals surface area contributed by atoms with Crippen LogP contribution in [0.3, 0.4) is 0 Å². The molecule has 0 radical (unpaired) electrons. The van der Waals surface area contributed by atoms with Crippen molar-refractivity contribution in [2.75, 3.05) is 6.61 Å². The summed E-state index contributed by atoms with van der Waals surface area (Å²) in [5.41, 5.74) is 0. The summed E-state index contributed by atoms with van der Waals surface area (Å²) >= 11 is 0. The first-order valence-electron chi connectivity index (χ1n) is 7.84. The molecular formula is C16H24O9. The van der Waals surface area contributed by atoms with E-state index in [1.165, 1.54) is 13.8 Å². The van der Waals surface area contributed by atoms with Crippen LogP contribution in [0.2, 0.25) is 0 Å². The molecule has 1 aliphatic rings. The van der Waals surface area contributed by atoms with Gasteiger partial charge in [-0.2, -0.15) is 0 Å². The van der Waals surface area contributed by atoms with Gasteiger partial charge in [0.25, 0.3) is 5.79 Å². The Kier molecular flexibility index (Phi) is 6.92. The molecule has 1 heterocycles. The molecule has 9 heteroatoms. The lowest BCUT2D eigenvalue weighted by molar-refractivity contribution is -0.344. The van der Waals surface area contributed by atoms with Gasteiger partial charge in [-0.25, -0.2) is 0 Å². The Hall–Kier alpha value is -2.16. The highest BCUT2D eigenvalue weighted by atomic mass is 16.8. The van der Waals surface area contributed by atoms with Crippen molar-refractivity contribution >= 4 is 23.9 Å². The molecule has 0 aromatic carbocycles. The summed E-state index contributed by atoms with van der Waals surface area (Å²) in [6.45, 7) is 7.85. The highest BCUT2D eigenvalue weighted by molar-refractivity contribution is 5.69. The van der Waals surface area contributed by atoms with Gasteiger partial charge >= 0.3 is 23.9 Å². The average molecular weight is 360 g/mol. The van der Waals surface area contributed by atoms with Crippen LogP contribution in [0.25, 0.3) is 0 Å². The van der Waals surface area contributed by atoms with Gasteiger partial charge < -0.3 is 23.7 Å². The molecule has 0 amide bonds. The number of rotatable bonds is 5. The third kappa shape index (κ3) is 5.15. The summed E-state index contributed by atoms with van der Waals surface area (Å²) in [7, 11) is 0. The van der Waals surface area contributed by atoms with E-state index in [1.807, 2.05) is 0 Å². The average Bonchev–Trinajstić information content (AvgIpc) is 2.43. The van der Waals surface area contributed by atoms with E-state index in [4.69, 9.17) is 23.7 Å². The fraction of sp³-hybridized carbons (Fsp3) is 0.750. The largest absolute Gasteiger partial charge is 0.456 e. The van der Waals surface area contributed by atoms with Crippen molar-refractivity contribution in [2.24, 2.45) is 5.92 Å². The molecule has 9 nitrogen and oxygen atoms in total. The zero-order valence-electron chi connectivity index (χ0n) is 15.2. The molecule has 25 heavy (non-hydrogen) atoms. The van der Waals surface area contributed by atoms with Gasteiger partial charge in [-0.1, -0.05) is 13.8 Å². The Morgan fingerprint density at radius 2 is 1.40 bits per heavy atom. The SMILES string of the molecule is CC(=O)OC1COC(OC(C)=O)(C(C)C)C(OC(C)=O)C1OC(C)=O. The van der Waals surface area contributed by atoms with Gasteiger partial charge in [0, 0.05) is 33.6 Å². The van der Waals surface area contributed by atoms with Crippen LogP contribution in [-0.2, 0) is 42.9 Å². The Bertz CT molecular complexity index is 542. The number of carbonyl (C=O) groups excluding carboxylic acids is 4. The molecule has 4 atom stereocenters. The minimum Gasteiger partial charge on any atom is -0.456 e. The summed E-state index contributed by atoms with van der Waals surface area (Å²) in [5.74, 6) is -4.82. The van der Waals surface area contributed by atoms with E-state index in [2.05, 4.69) is 0 Å². The predicted molar refractivity (Wildman–Crippen MR) is 81.9 cm³/mol. The first kappa shape index (κ1) is 20.9. The molecule has 0 N–H and O–H groups in total. The number of ether oxygens (including phenoxy) is 5. The van der Waals surface area contributed by atoms with E-state index in [-0.39, 0.29) is 6.61 Å². The first-order valence-corrected chi connectivity index (χ1v) is 7.84. The van der Waals surface area contributed by atoms with E-state index < -0.39 is 53.9 Å². The summed E-state index contributed by atoms with van der Waals surface area (Å²) in [6, 6.07) is 0. The van der Waals surface area contributed by atoms with Crippen LogP contribution >= 0.6 is 0 Å². The summed E-state index contributed by atoms with van der Waals surface area (Å²) in [5, 5.41) is 0. The van der Waals surface area contributed by atoms with Gasteiger partial charge in [-0.3, -0.25) is 19.2 Å². The van der Waals surface area contributed by atoms with Crippen molar-refractivity contribution in [3.8, 4) is 0 Å². The molecule has 1 rings (SSSR count). The van der Waals surface area contributed by atoms with Gasteiger partial charge in [0.15, 0.2) is 12.2 Å². The highest BCUT2D eigenvalue weighted by Gasteiger charge is 2.60. The van der Waals surface area contributed by atoms with Gasteiger partial charge in [0.05, 0.1) is 6.61 Å². The molecule has 0 spiro atoms. The molecule has 1 saturated heterocycles. The fourth-order valence-corrected chi connectivity index (χ4v) is 2.71. The maximum Gasteiger partial charge on any atom is 0.305 e. The molecule has 0 saturated carbocycles. The zero-order valence-corrected chi connectivity index (χ0v) is 15.2. The third-order valence-corrected chi connectivity index (χ3v) is 3.55. The lowest BCUT2D eigenvalue weighted by atomic mass is 9.88. The van der Waals surface area contributed by atoms with Crippen molar-refractivity contribution < 1.29 is 42.9 Å². The standard InChI is InChI=1S/C16H24O9/c1-8(2)16(25-12(6)20)15(24-11(5)19)14(23-10(4)18)13(7-21-16)22-9(3)17/h8,13-15H,7H2,1-6H3. The van der Waals surface area contributed by atoms with Gasteiger partial charge in [-0.15, -0.1) is 0 Å².